The first-order chi connectivity index (χ1) is 7.97. The minimum absolute atomic E-state index is 0.0278. The van der Waals surface area contributed by atoms with Gasteiger partial charge in [-0.05, 0) is 25.9 Å². The summed E-state index contributed by atoms with van der Waals surface area (Å²) in [6.45, 7) is 0.217. The quantitative estimate of drug-likeness (QED) is 0.714. The molecule has 1 saturated heterocycles. The minimum Gasteiger partial charge on any atom is -0.372 e. The molecule has 0 atom stereocenters. The standard InChI is InChI=1S/C10H17F3N2O2/c11-10(12,13)7-17-6-3-9(16)15-8-1-4-14-5-2-8/h8,14H,1-7H2,(H,15,16). The van der Waals surface area contributed by atoms with Crippen molar-refractivity contribution in [2.75, 3.05) is 26.3 Å². The number of rotatable bonds is 5. The van der Waals surface area contributed by atoms with Crippen molar-refractivity contribution < 1.29 is 22.7 Å². The zero-order valence-corrected chi connectivity index (χ0v) is 9.48. The fraction of sp³-hybridized carbons (Fsp3) is 0.900. The smallest absolute Gasteiger partial charge is 0.372 e. The van der Waals surface area contributed by atoms with E-state index in [-0.39, 0.29) is 25.0 Å². The molecule has 7 heteroatoms. The first-order valence-corrected chi connectivity index (χ1v) is 5.62. The average molecular weight is 254 g/mol. The molecule has 0 unspecified atom stereocenters. The molecule has 1 aliphatic rings. The summed E-state index contributed by atoms with van der Waals surface area (Å²) in [6, 6.07) is 0.131. The van der Waals surface area contributed by atoms with Gasteiger partial charge in [0, 0.05) is 12.5 Å². The number of hydrogen-bond acceptors (Lipinski definition) is 3. The predicted octanol–water partition coefficient (Wildman–Crippen LogP) is 0.824. The molecule has 1 amide bonds. The van der Waals surface area contributed by atoms with Gasteiger partial charge in [-0.3, -0.25) is 4.79 Å². The highest BCUT2D eigenvalue weighted by Gasteiger charge is 2.27. The van der Waals surface area contributed by atoms with Gasteiger partial charge in [0.15, 0.2) is 0 Å². The van der Waals surface area contributed by atoms with E-state index >= 15 is 0 Å². The number of ether oxygens (including phenoxy) is 1. The second kappa shape index (κ2) is 6.80. The number of piperidine rings is 1. The number of hydrogen-bond donors (Lipinski definition) is 2. The van der Waals surface area contributed by atoms with Crippen LogP contribution in [-0.4, -0.2) is 44.4 Å². The van der Waals surface area contributed by atoms with Crippen molar-refractivity contribution in [3.63, 3.8) is 0 Å². The number of amides is 1. The fourth-order valence-corrected chi connectivity index (χ4v) is 1.62. The predicted molar refractivity (Wildman–Crippen MR) is 55.5 cm³/mol. The van der Waals surface area contributed by atoms with Crippen LogP contribution in [0.3, 0.4) is 0 Å². The van der Waals surface area contributed by atoms with Crippen LogP contribution >= 0.6 is 0 Å². The van der Waals surface area contributed by atoms with Crippen molar-refractivity contribution in [1.82, 2.24) is 10.6 Å². The highest BCUT2D eigenvalue weighted by Crippen LogP contribution is 2.14. The van der Waals surface area contributed by atoms with Crippen molar-refractivity contribution in [1.29, 1.82) is 0 Å². The van der Waals surface area contributed by atoms with E-state index in [9.17, 15) is 18.0 Å². The minimum atomic E-state index is -4.33. The van der Waals surface area contributed by atoms with Gasteiger partial charge in [0.25, 0.3) is 0 Å². The Morgan fingerprint density at radius 1 is 1.35 bits per heavy atom. The molecule has 100 valence electrons. The van der Waals surface area contributed by atoms with Crippen LogP contribution in [-0.2, 0) is 9.53 Å². The monoisotopic (exact) mass is 254 g/mol. The summed E-state index contributed by atoms with van der Waals surface area (Å²) < 4.78 is 39.5. The van der Waals surface area contributed by atoms with E-state index in [1.54, 1.807) is 0 Å². The maximum absolute atomic E-state index is 11.7. The number of carbonyl (C=O) groups is 1. The summed E-state index contributed by atoms with van der Waals surface area (Å²) >= 11 is 0. The van der Waals surface area contributed by atoms with E-state index < -0.39 is 12.8 Å². The summed E-state index contributed by atoms with van der Waals surface area (Å²) in [5.41, 5.74) is 0. The Kier molecular flexibility index (Phi) is 5.70. The lowest BCUT2D eigenvalue weighted by molar-refractivity contribution is -0.174. The summed E-state index contributed by atoms with van der Waals surface area (Å²) in [5.74, 6) is -0.251. The Labute approximate surface area is 97.9 Å². The SMILES string of the molecule is O=C(CCOCC(F)(F)F)NC1CCNCC1. The lowest BCUT2D eigenvalue weighted by atomic mass is 10.1. The Hall–Kier alpha value is -0.820. The third-order valence-corrected chi connectivity index (χ3v) is 2.44. The Balaban J connectivity index is 2.04. The molecule has 17 heavy (non-hydrogen) atoms. The lowest BCUT2D eigenvalue weighted by Gasteiger charge is -2.23. The molecule has 0 aromatic heterocycles. The van der Waals surface area contributed by atoms with E-state index in [0.717, 1.165) is 25.9 Å². The number of carbonyl (C=O) groups excluding carboxylic acids is 1. The van der Waals surface area contributed by atoms with Crippen molar-refractivity contribution in [2.45, 2.75) is 31.5 Å². The lowest BCUT2D eigenvalue weighted by Crippen LogP contribution is -2.43. The van der Waals surface area contributed by atoms with Gasteiger partial charge in [0.1, 0.15) is 6.61 Å². The maximum atomic E-state index is 11.7. The van der Waals surface area contributed by atoms with E-state index in [2.05, 4.69) is 15.4 Å². The topological polar surface area (TPSA) is 50.4 Å². The molecular formula is C10H17F3N2O2. The molecule has 1 heterocycles. The Morgan fingerprint density at radius 2 is 2.00 bits per heavy atom. The maximum Gasteiger partial charge on any atom is 0.411 e. The first kappa shape index (κ1) is 14.2. The molecule has 0 aromatic carbocycles. The van der Waals surface area contributed by atoms with Crippen molar-refractivity contribution >= 4 is 5.91 Å². The summed E-state index contributed by atoms with van der Waals surface area (Å²) in [7, 11) is 0. The summed E-state index contributed by atoms with van der Waals surface area (Å²) in [4.78, 5) is 11.3. The second-order valence-corrected chi connectivity index (χ2v) is 4.01. The number of halogens is 3. The molecule has 0 bridgehead atoms. The Bertz CT molecular complexity index is 240. The van der Waals surface area contributed by atoms with Gasteiger partial charge in [-0.2, -0.15) is 13.2 Å². The van der Waals surface area contributed by atoms with Crippen LogP contribution in [0.25, 0.3) is 0 Å². The molecule has 1 rings (SSSR count). The van der Waals surface area contributed by atoms with Gasteiger partial charge >= 0.3 is 6.18 Å². The van der Waals surface area contributed by atoms with Crippen molar-refractivity contribution in [2.24, 2.45) is 0 Å². The zero-order chi connectivity index (χ0) is 12.7. The third kappa shape index (κ3) is 7.17. The van der Waals surface area contributed by atoms with Gasteiger partial charge in [-0.25, -0.2) is 0 Å². The molecule has 4 nitrogen and oxygen atoms in total. The second-order valence-electron chi connectivity index (χ2n) is 4.01. The molecule has 0 aromatic rings. The Morgan fingerprint density at radius 3 is 2.59 bits per heavy atom. The van der Waals surface area contributed by atoms with Gasteiger partial charge in [-0.15, -0.1) is 0 Å². The van der Waals surface area contributed by atoms with Crippen molar-refractivity contribution in [3.05, 3.63) is 0 Å². The van der Waals surface area contributed by atoms with Crippen LogP contribution in [0.2, 0.25) is 0 Å². The van der Waals surface area contributed by atoms with E-state index in [0.29, 0.717) is 0 Å². The fourth-order valence-electron chi connectivity index (χ4n) is 1.62. The number of alkyl halides is 3. The van der Waals surface area contributed by atoms with Crippen LogP contribution in [0, 0.1) is 0 Å². The number of nitrogens with one attached hydrogen (secondary N) is 2. The molecule has 1 aliphatic heterocycles. The van der Waals surface area contributed by atoms with Gasteiger partial charge in [-0.1, -0.05) is 0 Å². The summed E-state index contributed by atoms with van der Waals surface area (Å²) in [6.07, 6.45) is -2.64. The highest BCUT2D eigenvalue weighted by molar-refractivity contribution is 5.76. The molecule has 0 spiro atoms. The summed E-state index contributed by atoms with van der Waals surface area (Å²) in [5, 5.41) is 5.93. The van der Waals surface area contributed by atoms with Gasteiger partial charge < -0.3 is 15.4 Å². The van der Waals surface area contributed by atoms with Crippen molar-refractivity contribution in [3.8, 4) is 0 Å². The average Bonchev–Trinajstić information content (AvgIpc) is 2.25. The third-order valence-electron chi connectivity index (χ3n) is 2.44. The van der Waals surface area contributed by atoms with Crippen LogP contribution in [0.4, 0.5) is 13.2 Å². The van der Waals surface area contributed by atoms with E-state index in [1.165, 1.54) is 0 Å². The molecule has 2 N–H and O–H groups in total. The van der Waals surface area contributed by atoms with E-state index in [4.69, 9.17) is 0 Å². The van der Waals surface area contributed by atoms with Gasteiger partial charge in [0.2, 0.25) is 5.91 Å². The molecular weight excluding hydrogens is 237 g/mol. The van der Waals surface area contributed by atoms with E-state index in [1.807, 2.05) is 0 Å². The molecule has 1 fully saturated rings. The highest BCUT2D eigenvalue weighted by atomic mass is 19.4. The molecule has 0 aliphatic carbocycles. The van der Waals surface area contributed by atoms with Crippen LogP contribution in [0.1, 0.15) is 19.3 Å². The van der Waals surface area contributed by atoms with Crippen LogP contribution in [0.15, 0.2) is 0 Å². The largest absolute Gasteiger partial charge is 0.411 e. The molecule has 0 radical (unpaired) electrons. The van der Waals surface area contributed by atoms with Gasteiger partial charge in [0.05, 0.1) is 6.61 Å². The normalized spacial score (nSPS) is 18.1. The zero-order valence-electron chi connectivity index (χ0n) is 9.48. The first-order valence-electron chi connectivity index (χ1n) is 5.62. The van der Waals surface area contributed by atoms with Crippen LogP contribution in [0.5, 0.6) is 0 Å². The van der Waals surface area contributed by atoms with Crippen LogP contribution < -0.4 is 10.6 Å². The molecule has 0 saturated carbocycles.